The highest BCUT2D eigenvalue weighted by atomic mass is 32.2. The number of benzene rings is 2. The van der Waals surface area contributed by atoms with E-state index in [9.17, 15) is 13.2 Å². The van der Waals surface area contributed by atoms with Crippen molar-refractivity contribution in [2.75, 3.05) is 17.5 Å². The number of nitrogens with zero attached hydrogens (tertiary/aromatic N) is 1. The molecule has 6 nitrogen and oxygen atoms in total. The normalized spacial score (nSPS) is 16.1. The third kappa shape index (κ3) is 3.64. The van der Waals surface area contributed by atoms with Gasteiger partial charge in [-0.2, -0.15) is 0 Å². The summed E-state index contributed by atoms with van der Waals surface area (Å²) in [5.41, 5.74) is 2.47. The number of sulfonamides is 1. The van der Waals surface area contributed by atoms with E-state index in [0.29, 0.717) is 24.3 Å². The number of hydrogen-bond donors (Lipinski definition) is 1. The Kier molecular flexibility index (Phi) is 4.55. The third-order valence-electron chi connectivity index (χ3n) is 4.88. The molecule has 0 unspecified atom stereocenters. The van der Waals surface area contributed by atoms with Crippen molar-refractivity contribution in [1.29, 1.82) is 0 Å². The maximum atomic E-state index is 13.1. The van der Waals surface area contributed by atoms with Crippen molar-refractivity contribution in [1.82, 2.24) is 5.32 Å². The van der Waals surface area contributed by atoms with E-state index in [4.69, 9.17) is 4.74 Å². The zero-order chi connectivity index (χ0) is 19.0. The second-order valence-corrected chi connectivity index (χ2v) is 8.88. The van der Waals surface area contributed by atoms with Crippen molar-refractivity contribution in [3.63, 3.8) is 0 Å². The summed E-state index contributed by atoms with van der Waals surface area (Å²) in [5.74, 6) is 0.365. The molecule has 0 aromatic heterocycles. The smallest absolute Gasteiger partial charge is 0.264 e. The van der Waals surface area contributed by atoms with Crippen molar-refractivity contribution in [3.8, 4) is 5.75 Å². The van der Waals surface area contributed by atoms with Gasteiger partial charge in [-0.3, -0.25) is 9.10 Å². The molecule has 7 heteroatoms. The summed E-state index contributed by atoms with van der Waals surface area (Å²) >= 11 is 0. The first-order valence-electron chi connectivity index (χ1n) is 9.08. The lowest BCUT2D eigenvalue weighted by atomic mass is 10.2. The van der Waals surface area contributed by atoms with Gasteiger partial charge in [0.25, 0.3) is 15.9 Å². The first-order chi connectivity index (χ1) is 12.9. The molecule has 142 valence electrons. The summed E-state index contributed by atoms with van der Waals surface area (Å²) in [4.78, 5) is 12.0. The molecule has 2 aromatic carbocycles. The number of amides is 1. The van der Waals surface area contributed by atoms with Crippen LogP contribution in [0.4, 0.5) is 5.69 Å². The molecule has 1 fully saturated rings. The van der Waals surface area contributed by atoms with E-state index in [1.54, 1.807) is 19.1 Å². The fraction of sp³-hybridized carbons (Fsp3) is 0.350. The van der Waals surface area contributed by atoms with Gasteiger partial charge in [0.05, 0.1) is 10.6 Å². The average Bonchev–Trinajstić information content (AvgIpc) is 3.34. The Morgan fingerprint density at radius 2 is 2.00 bits per heavy atom. The number of carbonyl (C=O) groups is 1. The molecule has 27 heavy (non-hydrogen) atoms. The van der Waals surface area contributed by atoms with Crippen LogP contribution in [0.2, 0.25) is 0 Å². The Labute approximate surface area is 159 Å². The van der Waals surface area contributed by atoms with Crippen molar-refractivity contribution < 1.29 is 17.9 Å². The van der Waals surface area contributed by atoms with Crippen LogP contribution in [0.5, 0.6) is 5.75 Å². The fourth-order valence-corrected chi connectivity index (χ4v) is 4.86. The van der Waals surface area contributed by atoms with E-state index >= 15 is 0 Å². The minimum atomic E-state index is -3.63. The van der Waals surface area contributed by atoms with Crippen molar-refractivity contribution in [2.24, 2.45) is 0 Å². The van der Waals surface area contributed by atoms with E-state index in [2.05, 4.69) is 5.32 Å². The summed E-state index contributed by atoms with van der Waals surface area (Å²) in [7, 11) is -3.63. The minimum Gasteiger partial charge on any atom is -0.484 e. The molecule has 1 N–H and O–H groups in total. The molecule has 2 aromatic rings. The van der Waals surface area contributed by atoms with Crippen LogP contribution in [0.15, 0.2) is 47.4 Å². The maximum Gasteiger partial charge on any atom is 0.264 e. The topological polar surface area (TPSA) is 75.7 Å². The first-order valence-corrected chi connectivity index (χ1v) is 10.5. The Morgan fingerprint density at radius 1 is 1.22 bits per heavy atom. The van der Waals surface area contributed by atoms with Crippen LogP contribution in [0.1, 0.15) is 24.0 Å². The zero-order valence-electron chi connectivity index (χ0n) is 15.1. The van der Waals surface area contributed by atoms with Crippen molar-refractivity contribution in [3.05, 3.63) is 53.6 Å². The summed E-state index contributed by atoms with van der Waals surface area (Å²) in [5, 5.41) is 2.86. The molecule has 1 aliphatic carbocycles. The van der Waals surface area contributed by atoms with Crippen LogP contribution in [0, 0.1) is 6.92 Å². The molecule has 1 heterocycles. The third-order valence-corrected chi connectivity index (χ3v) is 6.69. The van der Waals surface area contributed by atoms with Gasteiger partial charge in [-0.05, 0) is 61.6 Å². The number of carbonyl (C=O) groups excluding carboxylic acids is 1. The number of rotatable bonds is 6. The van der Waals surface area contributed by atoms with Gasteiger partial charge >= 0.3 is 0 Å². The molecular formula is C20H22N2O4S. The Morgan fingerprint density at radius 3 is 2.74 bits per heavy atom. The lowest BCUT2D eigenvalue weighted by Gasteiger charge is -2.20. The molecule has 1 saturated carbocycles. The first kappa shape index (κ1) is 17.9. The summed E-state index contributed by atoms with van der Waals surface area (Å²) in [6.45, 7) is 2.16. The Balaban J connectivity index is 1.50. The molecule has 0 atom stereocenters. The molecule has 2 aliphatic rings. The predicted molar refractivity (Wildman–Crippen MR) is 103 cm³/mol. The SMILES string of the molecule is Cc1cc(S(=O)(=O)N2CCc3ccccc32)ccc1OCC(=O)NC1CC1. The van der Waals surface area contributed by atoms with Gasteiger partial charge in [0.15, 0.2) is 6.61 Å². The van der Waals surface area contributed by atoms with Crippen LogP contribution < -0.4 is 14.4 Å². The number of hydrogen-bond acceptors (Lipinski definition) is 4. The molecule has 0 radical (unpaired) electrons. The van der Waals surface area contributed by atoms with Gasteiger partial charge in [-0.15, -0.1) is 0 Å². The monoisotopic (exact) mass is 386 g/mol. The molecule has 0 saturated heterocycles. The minimum absolute atomic E-state index is 0.0665. The van der Waals surface area contributed by atoms with Crippen LogP contribution in [0.25, 0.3) is 0 Å². The van der Waals surface area contributed by atoms with Gasteiger partial charge in [-0.1, -0.05) is 18.2 Å². The van der Waals surface area contributed by atoms with E-state index < -0.39 is 10.0 Å². The lowest BCUT2D eigenvalue weighted by Crippen LogP contribution is -2.30. The lowest BCUT2D eigenvalue weighted by molar-refractivity contribution is -0.123. The van der Waals surface area contributed by atoms with Crippen molar-refractivity contribution >= 4 is 21.6 Å². The summed E-state index contributed by atoms with van der Waals surface area (Å²) < 4.78 is 33.2. The largest absolute Gasteiger partial charge is 0.484 e. The highest BCUT2D eigenvalue weighted by Crippen LogP contribution is 2.33. The van der Waals surface area contributed by atoms with Gasteiger partial charge in [0.1, 0.15) is 5.75 Å². The van der Waals surface area contributed by atoms with Crippen LogP contribution in [0.3, 0.4) is 0 Å². The van der Waals surface area contributed by atoms with E-state index in [-0.39, 0.29) is 23.5 Å². The molecule has 1 aliphatic heterocycles. The average molecular weight is 386 g/mol. The second kappa shape index (κ2) is 6.88. The van der Waals surface area contributed by atoms with Crippen molar-refractivity contribution in [2.45, 2.75) is 37.1 Å². The molecule has 0 spiro atoms. The van der Waals surface area contributed by atoms with E-state index in [0.717, 1.165) is 24.1 Å². The quantitative estimate of drug-likeness (QED) is 0.827. The molecular weight excluding hydrogens is 364 g/mol. The fourth-order valence-electron chi connectivity index (χ4n) is 3.27. The predicted octanol–water partition coefficient (Wildman–Crippen LogP) is 2.40. The summed E-state index contributed by atoms with van der Waals surface area (Å²) in [6, 6.07) is 12.6. The highest BCUT2D eigenvalue weighted by Gasteiger charge is 2.31. The number of ether oxygens (including phenoxy) is 1. The van der Waals surface area contributed by atoms with E-state index in [1.165, 1.54) is 10.4 Å². The molecule has 0 bridgehead atoms. The molecule has 1 amide bonds. The van der Waals surface area contributed by atoms with Gasteiger partial charge < -0.3 is 10.1 Å². The number of para-hydroxylation sites is 1. The van der Waals surface area contributed by atoms with E-state index in [1.807, 2.05) is 24.3 Å². The van der Waals surface area contributed by atoms with Gasteiger partial charge in [-0.25, -0.2) is 8.42 Å². The number of aryl methyl sites for hydroxylation is 1. The molecule has 4 rings (SSSR count). The van der Waals surface area contributed by atoms with Crippen LogP contribution in [-0.2, 0) is 21.2 Å². The Hall–Kier alpha value is -2.54. The van der Waals surface area contributed by atoms with Crippen LogP contribution >= 0.6 is 0 Å². The maximum absolute atomic E-state index is 13.1. The zero-order valence-corrected chi connectivity index (χ0v) is 16.0. The summed E-state index contributed by atoms with van der Waals surface area (Å²) in [6.07, 6.45) is 2.76. The number of fused-ring (bicyclic) bond motifs is 1. The highest BCUT2D eigenvalue weighted by molar-refractivity contribution is 7.92. The van der Waals surface area contributed by atoms with Crippen LogP contribution in [-0.4, -0.2) is 33.5 Å². The standard InChI is InChI=1S/C20H22N2O4S/c1-14-12-17(8-9-19(14)26-13-20(23)21-16-6-7-16)27(24,25)22-11-10-15-4-2-3-5-18(15)22/h2-5,8-9,12,16H,6-7,10-11,13H2,1H3,(H,21,23). The second-order valence-electron chi connectivity index (χ2n) is 7.01. The Bertz CT molecular complexity index is 983. The number of nitrogens with one attached hydrogen (secondary N) is 1. The van der Waals surface area contributed by atoms with Gasteiger partial charge in [0.2, 0.25) is 0 Å². The van der Waals surface area contributed by atoms with Gasteiger partial charge in [0, 0.05) is 12.6 Å². The number of anilines is 1.